The highest BCUT2D eigenvalue weighted by atomic mass is 35.5. The molecule has 0 saturated heterocycles. The second-order valence-corrected chi connectivity index (χ2v) is 7.89. The largest absolute Gasteiger partial charge is 0.368 e. The summed E-state index contributed by atoms with van der Waals surface area (Å²) in [7, 11) is 0. The first-order valence-electron chi connectivity index (χ1n) is 9.95. The molecule has 2 N–H and O–H groups in total. The Bertz CT molecular complexity index is 1130. The number of primary amides is 1. The second-order valence-electron chi connectivity index (χ2n) is 7.46. The normalized spacial score (nSPS) is 14.2. The number of amides is 2. The predicted octanol–water partition coefficient (Wildman–Crippen LogP) is 4.62. The van der Waals surface area contributed by atoms with E-state index in [4.69, 9.17) is 17.3 Å². The number of nitrogens with zero attached hydrogens (tertiary/aromatic N) is 2. The molecule has 0 saturated carbocycles. The van der Waals surface area contributed by atoms with Crippen LogP contribution in [-0.4, -0.2) is 28.2 Å². The minimum Gasteiger partial charge on any atom is -0.368 e. The molecule has 32 heavy (non-hydrogen) atoms. The van der Waals surface area contributed by atoms with E-state index in [0.29, 0.717) is 24.0 Å². The number of hydrogen-bond acceptors (Lipinski definition) is 3. The summed E-state index contributed by atoms with van der Waals surface area (Å²) in [6.45, 7) is 1.70. The minimum atomic E-state index is -0.728. The molecular formula is C24H22ClF2N3O2. The Morgan fingerprint density at radius 2 is 1.88 bits per heavy atom. The van der Waals surface area contributed by atoms with Crippen molar-refractivity contribution in [2.45, 2.75) is 25.8 Å². The van der Waals surface area contributed by atoms with E-state index in [0.717, 1.165) is 12.3 Å². The predicted molar refractivity (Wildman–Crippen MR) is 118 cm³/mol. The molecule has 3 aromatic rings. The maximum Gasteiger partial charge on any atom is 0.256 e. The van der Waals surface area contributed by atoms with Crippen LogP contribution in [0.4, 0.5) is 8.78 Å². The highest BCUT2D eigenvalue weighted by Crippen LogP contribution is 2.39. The minimum absolute atomic E-state index is 0.0165. The van der Waals surface area contributed by atoms with Gasteiger partial charge in [-0.1, -0.05) is 47.5 Å². The molecule has 1 aromatic heterocycles. The van der Waals surface area contributed by atoms with E-state index in [1.807, 2.05) is 18.2 Å². The van der Waals surface area contributed by atoms with E-state index in [9.17, 15) is 18.4 Å². The molecule has 1 heterocycles. The van der Waals surface area contributed by atoms with Crippen molar-refractivity contribution in [2.75, 3.05) is 6.54 Å². The van der Waals surface area contributed by atoms with E-state index in [-0.39, 0.29) is 17.1 Å². The number of hydrogen-bond donors (Lipinski definition) is 1. The summed E-state index contributed by atoms with van der Waals surface area (Å²) in [5.74, 6) is -2.47. The van der Waals surface area contributed by atoms with Crippen molar-refractivity contribution in [3.8, 4) is 0 Å². The molecule has 1 unspecified atom stereocenters. The zero-order valence-corrected chi connectivity index (χ0v) is 18.2. The Balaban J connectivity index is 0.000000352. The number of fused-ring (bicyclic) bond motifs is 1. The van der Waals surface area contributed by atoms with Crippen molar-refractivity contribution in [3.63, 3.8) is 0 Å². The van der Waals surface area contributed by atoms with Gasteiger partial charge in [-0.25, -0.2) is 8.78 Å². The molecule has 4 rings (SSSR count). The Morgan fingerprint density at radius 3 is 2.47 bits per heavy atom. The summed E-state index contributed by atoms with van der Waals surface area (Å²) in [6, 6.07) is 13.5. The molecule has 5 nitrogen and oxygen atoms in total. The molecule has 2 aromatic carbocycles. The van der Waals surface area contributed by atoms with Gasteiger partial charge in [-0.05, 0) is 49.1 Å². The molecule has 0 aliphatic heterocycles. The van der Waals surface area contributed by atoms with Crippen LogP contribution in [0.2, 0.25) is 5.02 Å². The maximum atomic E-state index is 14.1. The molecule has 1 aliphatic carbocycles. The van der Waals surface area contributed by atoms with Gasteiger partial charge < -0.3 is 10.6 Å². The van der Waals surface area contributed by atoms with Crippen molar-refractivity contribution in [1.29, 1.82) is 0 Å². The van der Waals surface area contributed by atoms with Gasteiger partial charge in [-0.3, -0.25) is 14.6 Å². The van der Waals surface area contributed by atoms with Crippen LogP contribution in [0.3, 0.4) is 0 Å². The molecule has 0 bridgehead atoms. The molecule has 166 valence electrons. The number of pyridine rings is 1. The molecule has 1 atom stereocenters. The Kier molecular flexibility index (Phi) is 7.53. The first-order chi connectivity index (χ1) is 15.3. The number of nitrogens with two attached hydrogens (primary N) is 1. The number of rotatable bonds is 4. The number of aromatic nitrogens is 1. The van der Waals surface area contributed by atoms with E-state index in [1.165, 1.54) is 22.7 Å². The van der Waals surface area contributed by atoms with Crippen LogP contribution in [0.5, 0.6) is 0 Å². The van der Waals surface area contributed by atoms with E-state index in [1.54, 1.807) is 6.07 Å². The molecular weight excluding hydrogens is 436 g/mol. The number of aryl methyl sites for hydroxylation is 1. The van der Waals surface area contributed by atoms with Crippen LogP contribution in [-0.2, 0) is 11.2 Å². The van der Waals surface area contributed by atoms with Crippen LogP contribution in [0, 0.1) is 18.6 Å². The van der Waals surface area contributed by atoms with Crippen molar-refractivity contribution >= 4 is 23.4 Å². The number of benzene rings is 2. The first-order valence-corrected chi connectivity index (χ1v) is 10.3. The second kappa shape index (κ2) is 10.3. The third-order valence-electron chi connectivity index (χ3n) is 5.08. The highest BCUT2D eigenvalue weighted by Gasteiger charge is 2.34. The number of carbonyl (C=O) groups excluding carboxylic acids is 2. The van der Waals surface area contributed by atoms with Crippen LogP contribution < -0.4 is 5.73 Å². The molecule has 1 aliphatic rings. The van der Waals surface area contributed by atoms with Crippen molar-refractivity contribution < 1.29 is 18.4 Å². The molecule has 0 spiro atoms. The lowest BCUT2D eigenvalue weighted by atomic mass is 10.1. The zero-order chi connectivity index (χ0) is 23.3. The van der Waals surface area contributed by atoms with Gasteiger partial charge >= 0.3 is 0 Å². The number of halogens is 3. The summed E-state index contributed by atoms with van der Waals surface area (Å²) in [5.41, 5.74) is 7.55. The van der Waals surface area contributed by atoms with Crippen molar-refractivity contribution in [3.05, 3.63) is 99.8 Å². The van der Waals surface area contributed by atoms with Gasteiger partial charge in [0.25, 0.3) is 5.91 Å². The van der Waals surface area contributed by atoms with Crippen molar-refractivity contribution in [1.82, 2.24) is 9.88 Å². The molecule has 0 fully saturated rings. The van der Waals surface area contributed by atoms with Crippen LogP contribution in [0.15, 0.2) is 60.9 Å². The lowest BCUT2D eigenvalue weighted by molar-refractivity contribution is -0.119. The number of carbonyl (C=O) groups is 2. The summed E-state index contributed by atoms with van der Waals surface area (Å²) in [5, 5.41) is 0.196. The summed E-state index contributed by atoms with van der Waals surface area (Å²) >= 11 is 5.93. The average Bonchev–Trinajstić information content (AvgIpc) is 3.16. The van der Waals surface area contributed by atoms with Gasteiger partial charge in [0.1, 0.15) is 18.2 Å². The van der Waals surface area contributed by atoms with E-state index >= 15 is 0 Å². The smallest absolute Gasteiger partial charge is 0.256 e. The lowest BCUT2D eigenvalue weighted by Crippen LogP contribution is -2.40. The van der Waals surface area contributed by atoms with Gasteiger partial charge in [0.05, 0.1) is 17.8 Å². The summed E-state index contributed by atoms with van der Waals surface area (Å²) < 4.78 is 27.5. The Hall–Kier alpha value is -3.32. The van der Waals surface area contributed by atoms with Gasteiger partial charge in [-0.2, -0.15) is 0 Å². The zero-order valence-electron chi connectivity index (χ0n) is 17.4. The van der Waals surface area contributed by atoms with Gasteiger partial charge in [-0.15, -0.1) is 0 Å². The van der Waals surface area contributed by atoms with Crippen LogP contribution in [0.25, 0.3) is 0 Å². The topological polar surface area (TPSA) is 76.3 Å². The van der Waals surface area contributed by atoms with E-state index in [2.05, 4.69) is 24.0 Å². The Labute approximate surface area is 189 Å². The lowest BCUT2D eigenvalue weighted by Gasteiger charge is -2.28. The fourth-order valence-corrected chi connectivity index (χ4v) is 3.88. The van der Waals surface area contributed by atoms with E-state index < -0.39 is 29.5 Å². The third-order valence-corrected chi connectivity index (χ3v) is 5.30. The monoisotopic (exact) mass is 457 g/mol. The Morgan fingerprint density at radius 1 is 1.16 bits per heavy atom. The van der Waals surface area contributed by atoms with Crippen LogP contribution >= 0.6 is 11.6 Å². The maximum absolute atomic E-state index is 14.1. The van der Waals surface area contributed by atoms with Gasteiger partial charge in [0, 0.05) is 11.2 Å². The highest BCUT2D eigenvalue weighted by molar-refractivity contribution is 6.30. The average molecular weight is 458 g/mol. The standard InChI is InChI=1S/C17H14ClF2N3O2.C7H8/c18-10-4-13-12(14(20)5-10)1-2-15(13)23(8-16(21)24)17(25)9-3-11(19)7-22-6-9;1-7-5-3-2-4-6-7/h3-7,15H,1-2,8H2,(H2,21,24);2-6H,1H3. The molecule has 0 radical (unpaired) electrons. The summed E-state index contributed by atoms with van der Waals surface area (Å²) in [6.07, 6.45) is 2.98. The fraction of sp³-hybridized carbons (Fsp3) is 0.208. The third kappa shape index (κ3) is 5.68. The first kappa shape index (κ1) is 23.3. The van der Waals surface area contributed by atoms with Gasteiger partial charge in [0.2, 0.25) is 5.91 Å². The van der Waals surface area contributed by atoms with Crippen LogP contribution in [0.1, 0.15) is 39.5 Å². The molecule has 2 amide bonds. The summed E-state index contributed by atoms with van der Waals surface area (Å²) in [4.78, 5) is 29.1. The quantitative estimate of drug-likeness (QED) is 0.621. The fourth-order valence-electron chi connectivity index (χ4n) is 3.67. The SMILES string of the molecule is Cc1ccccc1.NC(=O)CN(C(=O)c1cncc(F)c1)C1CCc2c(F)cc(Cl)cc21. The van der Waals surface area contributed by atoms with Gasteiger partial charge in [0.15, 0.2) is 0 Å². The van der Waals surface area contributed by atoms with Crippen molar-refractivity contribution in [2.24, 2.45) is 5.73 Å². The molecule has 8 heteroatoms.